The zero-order valence-corrected chi connectivity index (χ0v) is 10.0. The van der Waals surface area contributed by atoms with E-state index in [1.807, 2.05) is 12.3 Å². The van der Waals surface area contributed by atoms with Gasteiger partial charge >= 0.3 is 5.97 Å². The van der Waals surface area contributed by atoms with Gasteiger partial charge in [0, 0.05) is 11.6 Å². The van der Waals surface area contributed by atoms with Crippen molar-refractivity contribution < 1.29 is 14.3 Å². The number of furan rings is 1. The second-order valence-corrected chi connectivity index (χ2v) is 4.46. The number of aromatic nitrogens is 1. The average molecular weight is 252 g/mol. The van der Waals surface area contributed by atoms with E-state index in [2.05, 4.69) is 10.3 Å². The van der Waals surface area contributed by atoms with E-state index in [0.29, 0.717) is 12.3 Å². The molecule has 90 valence electrons. The first kappa shape index (κ1) is 11.8. The van der Waals surface area contributed by atoms with Gasteiger partial charge in [0.15, 0.2) is 0 Å². The van der Waals surface area contributed by atoms with Crippen molar-refractivity contribution in [1.29, 1.82) is 0 Å². The van der Waals surface area contributed by atoms with Crippen LogP contribution in [0.3, 0.4) is 0 Å². The Morgan fingerprint density at radius 1 is 1.71 bits per heavy atom. The van der Waals surface area contributed by atoms with Crippen LogP contribution in [0.1, 0.15) is 34.1 Å². The van der Waals surface area contributed by atoms with Crippen LogP contribution in [0.4, 0.5) is 0 Å². The number of carbonyl (C=O) groups is 1. The highest BCUT2D eigenvalue weighted by molar-refractivity contribution is 7.09. The van der Waals surface area contributed by atoms with Crippen LogP contribution < -0.4 is 5.32 Å². The van der Waals surface area contributed by atoms with Gasteiger partial charge in [-0.1, -0.05) is 0 Å². The summed E-state index contributed by atoms with van der Waals surface area (Å²) in [5, 5.41) is 15.0. The molecule has 6 heteroatoms. The van der Waals surface area contributed by atoms with E-state index >= 15 is 0 Å². The Labute approximate surface area is 102 Å². The number of carboxylic acid groups (broad SMARTS) is 1. The molecule has 0 aliphatic rings. The average Bonchev–Trinajstić information content (AvgIpc) is 2.96. The van der Waals surface area contributed by atoms with Gasteiger partial charge in [0.05, 0.1) is 18.8 Å². The Bertz CT molecular complexity index is 493. The van der Waals surface area contributed by atoms with Gasteiger partial charge in [-0.15, -0.1) is 11.3 Å². The first-order chi connectivity index (χ1) is 8.18. The number of thiazole rings is 1. The van der Waals surface area contributed by atoms with E-state index in [9.17, 15) is 4.79 Å². The number of hydrogen-bond acceptors (Lipinski definition) is 5. The third-order valence-corrected chi connectivity index (χ3v) is 3.32. The van der Waals surface area contributed by atoms with Gasteiger partial charge in [-0.2, -0.15) is 0 Å². The molecule has 2 aromatic rings. The topological polar surface area (TPSA) is 75.4 Å². The highest BCUT2D eigenvalue weighted by Gasteiger charge is 2.14. The molecular weight excluding hydrogens is 240 g/mol. The molecule has 0 radical (unpaired) electrons. The van der Waals surface area contributed by atoms with Crippen molar-refractivity contribution in [3.8, 4) is 0 Å². The first-order valence-electron chi connectivity index (χ1n) is 5.11. The normalized spacial score (nSPS) is 12.5. The quantitative estimate of drug-likeness (QED) is 0.853. The van der Waals surface area contributed by atoms with Crippen molar-refractivity contribution in [2.75, 3.05) is 0 Å². The Morgan fingerprint density at radius 3 is 3.18 bits per heavy atom. The van der Waals surface area contributed by atoms with E-state index in [1.54, 1.807) is 17.5 Å². The van der Waals surface area contributed by atoms with E-state index < -0.39 is 5.97 Å². The van der Waals surface area contributed by atoms with Crippen LogP contribution in [0.25, 0.3) is 0 Å². The van der Waals surface area contributed by atoms with Gasteiger partial charge in [0.1, 0.15) is 16.3 Å². The molecule has 0 spiro atoms. The summed E-state index contributed by atoms with van der Waals surface area (Å²) < 4.78 is 5.13. The monoisotopic (exact) mass is 252 g/mol. The van der Waals surface area contributed by atoms with Crippen LogP contribution in [-0.4, -0.2) is 16.1 Å². The van der Waals surface area contributed by atoms with Crippen molar-refractivity contribution >= 4 is 17.3 Å². The summed E-state index contributed by atoms with van der Waals surface area (Å²) in [5.74, 6) is -0.543. The van der Waals surface area contributed by atoms with Crippen LogP contribution in [0.15, 0.2) is 28.3 Å². The van der Waals surface area contributed by atoms with Gasteiger partial charge in [-0.3, -0.25) is 0 Å². The highest BCUT2D eigenvalue weighted by atomic mass is 32.1. The van der Waals surface area contributed by atoms with E-state index in [4.69, 9.17) is 9.52 Å². The number of aromatic carboxylic acids is 1. The highest BCUT2D eigenvalue weighted by Crippen LogP contribution is 2.17. The fourth-order valence-corrected chi connectivity index (χ4v) is 2.12. The molecule has 1 atom stereocenters. The molecule has 0 aliphatic carbocycles. The van der Waals surface area contributed by atoms with Gasteiger partial charge in [0.2, 0.25) is 0 Å². The molecule has 0 amide bonds. The first-order valence-corrected chi connectivity index (χ1v) is 5.99. The number of rotatable bonds is 5. The van der Waals surface area contributed by atoms with Crippen molar-refractivity contribution in [2.24, 2.45) is 0 Å². The standard InChI is InChI=1S/C11H12N2O3S/c1-7(10-12-3-5-17-10)13-6-9-8(11(14)15)2-4-16-9/h2-5,7,13H,6H2,1H3,(H,14,15). The summed E-state index contributed by atoms with van der Waals surface area (Å²) in [6, 6.07) is 1.52. The second kappa shape index (κ2) is 5.11. The maximum Gasteiger partial charge on any atom is 0.339 e. The molecule has 2 rings (SSSR count). The largest absolute Gasteiger partial charge is 0.478 e. The van der Waals surface area contributed by atoms with Crippen LogP contribution in [0.5, 0.6) is 0 Å². The molecule has 0 saturated heterocycles. The molecule has 5 nitrogen and oxygen atoms in total. The lowest BCUT2D eigenvalue weighted by Crippen LogP contribution is -2.18. The van der Waals surface area contributed by atoms with E-state index in [-0.39, 0.29) is 11.6 Å². The van der Waals surface area contributed by atoms with Crippen LogP contribution in [-0.2, 0) is 6.54 Å². The fraction of sp³-hybridized carbons (Fsp3) is 0.273. The number of nitrogens with zero attached hydrogens (tertiary/aromatic N) is 1. The number of nitrogens with one attached hydrogen (secondary N) is 1. The van der Waals surface area contributed by atoms with Gasteiger partial charge < -0.3 is 14.8 Å². The minimum Gasteiger partial charge on any atom is -0.478 e. The van der Waals surface area contributed by atoms with Crippen molar-refractivity contribution in [2.45, 2.75) is 19.5 Å². The van der Waals surface area contributed by atoms with Gasteiger partial charge in [-0.05, 0) is 13.0 Å². The van der Waals surface area contributed by atoms with Crippen molar-refractivity contribution in [3.05, 3.63) is 40.2 Å². The predicted octanol–water partition coefficient (Wildman–Crippen LogP) is 2.29. The summed E-state index contributed by atoms with van der Waals surface area (Å²) in [6.07, 6.45) is 3.13. The lowest BCUT2D eigenvalue weighted by Gasteiger charge is -2.09. The predicted molar refractivity (Wildman–Crippen MR) is 63.0 cm³/mol. The van der Waals surface area contributed by atoms with Crippen molar-refractivity contribution in [1.82, 2.24) is 10.3 Å². The Kier molecular flexibility index (Phi) is 3.55. The molecule has 0 fully saturated rings. The summed E-state index contributed by atoms with van der Waals surface area (Å²) in [6.45, 7) is 2.34. The molecule has 0 bridgehead atoms. The molecule has 17 heavy (non-hydrogen) atoms. The smallest absolute Gasteiger partial charge is 0.339 e. The number of hydrogen-bond donors (Lipinski definition) is 2. The minimum atomic E-state index is -0.975. The molecule has 0 saturated carbocycles. The van der Waals surface area contributed by atoms with E-state index in [1.165, 1.54) is 12.3 Å². The van der Waals surface area contributed by atoms with Crippen LogP contribution >= 0.6 is 11.3 Å². The van der Waals surface area contributed by atoms with E-state index in [0.717, 1.165) is 5.01 Å². The van der Waals surface area contributed by atoms with Crippen LogP contribution in [0, 0.1) is 0 Å². The summed E-state index contributed by atoms with van der Waals surface area (Å²) in [5.41, 5.74) is 0.198. The molecule has 2 aromatic heterocycles. The molecule has 0 aromatic carbocycles. The molecule has 2 N–H and O–H groups in total. The second-order valence-electron chi connectivity index (χ2n) is 3.54. The SMILES string of the molecule is CC(NCc1occc1C(=O)O)c1nccs1. The molecular formula is C11H12N2O3S. The van der Waals surface area contributed by atoms with Crippen LogP contribution in [0.2, 0.25) is 0 Å². The summed E-state index contributed by atoms with van der Waals surface area (Å²) in [4.78, 5) is 15.0. The maximum atomic E-state index is 10.9. The Balaban J connectivity index is 1.98. The Morgan fingerprint density at radius 2 is 2.53 bits per heavy atom. The lowest BCUT2D eigenvalue weighted by molar-refractivity contribution is 0.0694. The van der Waals surface area contributed by atoms with Crippen molar-refractivity contribution in [3.63, 3.8) is 0 Å². The third-order valence-electron chi connectivity index (χ3n) is 2.37. The molecule has 0 aliphatic heterocycles. The zero-order chi connectivity index (χ0) is 12.3. The molecule has 1 unspecified atom stereocenters. The maximum absolute atomic E-state index is 10.9. The number of carboxylic acids is 1. The van der Waals surface area contributed by atoms with Gasteiger partial charge in [0.25, 0.3) is 0 Å². The third kappa shape index (κ3) is 2.72. The Hall–Kier alpha value is -1.66. The minimum absolute atomic E-state index is 0.0711. The fourth-order valence-electron chi connectivity index (χ4n) is 1.45. The summed E-state index contributed by atoms with van der Waals surface area (Å²) >= 11 is 1.56. The zero-order valence-electron chi connectivity index (χ0n) is 9.21. The van der Waals surface area contributed by atoms with Gasteiger partial charge in [-0.25, -0.2) is 9.78 Å². The summed E-state index contributed by atoms with van der Waals surface area (Å²) in [7, 11) is 0. The molecule has 2 heterocycles. The lowest BCUT2D eigenvalue weighted by atomic mass is 10.2.